The number of nitrogens with zero attached hydrogens (tertiary/aromatic N) is 2. The quantitative estimate of drug-likeness (QED) is 0.0904. The number of H-pyrrole nitrogens is 1. The van der Waals surface area contributed by atoms with E-state index in [1.807, 2.05) is 5.53 Å². The number of sulfone groups is 1. The number of aromatic nitrogens is 2. The molecule has 2 aromatic carbocycles. The van der Waals surface area contributed by atoms with E-state index in [1.54, 1.807) is 18.2 Å². The number of anilines is 1. The van der Waals surface area contributed by atoms with Crippen LogP contribution in [0.3, 0.4) is 0 Å². The number of aromatic amines is 1. The van der Waals surface area contributed by atoms with Crippen LogP contribution in [0.1, 0.15) is 12.5 Å². The summed E-state index contributed by atoms with van der Waals surface area (Å²) in [4.78, 5) is 5.80. The third-order valence-electron chi connectivity index (χ3n) is 4.49. The summed E-state index contributed by atoms with van der Waals surface area (Å²) in [5.41, 5.74) is 20.7. The smallest absolute Gasteiger partial charge is 0.240 e. The number of imidazole rings is 1. The molecule has 32 heavy (non-hydrogen) atoms. The number of primary sulfonamides is 1. The van der Waals surface area contributed by atoms with Gasteiger partial charge in [0.1, 0.15) is 4.90 Å². The topological polar surface area (TPSA) is 251 Å². The maximum Gasteiger partial charge on any atom is 0.240 e. The lowest BCUT2D eigenvalue weighted by molar-refractivity contribution is 0.579. The zero-order chi connectivity index (χ0) is 23.8. The van der Waals surface area contributed by atoms with Crippen molar-refractivity contribution in [2.75, 3.05) is 11.5 Å². The first-order valence-electron chi connectivity index (χ1n) is 9.08. The minimum absolute atomic E-state index is 0.127. The number of hydrogen-bond acceptors (Lipinski definition) is 10. The molecule has 0 saturated heterocycles. The van der Waals surface area contributed by atoms with E-state index in [4.69, 9.17) is 28.2 Å². The fourth-order valence-corrected chi connectivity index (χ4v) is 6.51. The first-order valence-corrected chi connectivity index (χ1v) is 12.3. The summed E-state index contributed by atoms with van der Waals surface area (Å²) in [6.07, 6.45) is 0. The zero-order valence-electron chi connectivity index (χ0n) is 16.9. The number of hydrazone groups is 1. The highest BCUT2D eigenvalue weighted by Gasteiger charge is 2.32. The van der Waals surface area contributed by atoms with E-state index in [-0.39, 0.29) is 17.1 Å². The van der Waals surface area contributed by atoms with Crippen molar-refractivity contribution >= 4 is 42.7 Å². The lowest BCUT2D eigenvalue weighted by Crippen LogP contribution is -2.31. The molecule has 0 bridgehead atoms. The largest absolute Gasteiger partial charge is 0.382 e. The Labute approximate surface area is 184 Å². The van der Waals surface area contributed by atoms with Crippen LogP contribution in [0.4, 0.5) is 5.95 Å². The highest BCUT2D eigenvalue weighted by Crippen LogP contribution is 2.36. The minimum atomic E-state index is -4.63. The molecule has 3 rings (SSSR count). The van der Waals surface area contributed by atoms with Crippen molar-refractivity contribution in [1.82, 2.24) is 15.5 Å². The van der Waals surface area contributed by atoms with Crippen LogP contribution in [0.2, 0.25) is 0 Å². The van der Waals surface area contributed by atoms with Crippen molar-refractivity contribution < 1.29 is 16.8 Å². The molecule has 0 aliphatic rings. The number of sulfonamides is 1. The molecule has 13 nitrogen and oxygen atoms in total. The van der Waals surface area contributed by atoms with Crippen LogP contribution in [0, 0.1) is 0 Å². The van der Waals surface area contributed by atoms with Gasteiger partial charge in [-0.25, -0.2) is 38.3 Å². The van der Waals surface area contributed by atoms with Gasteiger partial charge >= 0.3 is 0 Å². The Morgan fingerprint density at radius 1 is 1.19 bits per heavy atom. The third kappa shape index (κ3) is 4.37. The second-order valence-electron chi connectivity index (χ2n) is 7.07. The standard InChI is InChI=1S/C17H23N9O4S2/c1-8(18)7-31(27,28)12-6-5-9(10-3-2-4-11-14(10)24-17(20)23-11)13(16(19)25-26-21)15(12)32(22,29)30/h2-6,8,26H,7,18,21H2,1H3,(H2,19,25)(H3,20,23,24)(H2,22,29,30). The van der Waals surface area contributed by atoms with E-state index < -0.39 is 47.3 Å². The van der Waals surface area contributed by atoms with E-state index in [0.717, 1.165) is 6.07 Å². The molecular formula is C17H23N9O4S2. The van der Waals surface area contributed by atoms with E-state index in [9.17, 15) is 16.8 Å². The molecule has 0 aliphatic heterocycles. The minimum Gasteiger partial charge on any atom is -0.382 e. The number of nitrogens with one attached hydrogen (secondary N) is 2. The number of nitrogens with two attached hydrogens (primary N) is 5. The molecule has 3 aromatic rings. The Hall–Kier alpha value is -3.24. The van der Waals surface area contributed by atoms with Gasteiger partial charge in [-0.1, -0.05) is 18.2 Å². The number of para-hydroxylation sites is 1. The van der Waals surface area contributed by atoms with Gasteiger partial charge in [-0.2, -0.15) is 0 Å². The van der Waals surface area contributed by atoms with Gasteiger partial charge in [0.05, 0.1) is 21.7 Å². The van der Waals surface area contributed by atoms with Crippen molar-refractivity contribution in [1.29, 1.82) is 0 Å². The Morgan fingerprint density at radius 2 is 1.88 bits per heavy atom. The van der Waals surface area contributed by atoms with Crippen LogP contribution in [0.5, 0.6) is 0 Å². The summed E-state index contributed by atoms with van der Waals surface area (Å²) in [5.74, 6) is 4.42. The maximum absolute atomic E-state index is 13.0. The number of rotatable bonds is 7. The van der Waals surface area contributed by atoms with E-state index in [2.05, 4.69) is 15.1 Å². The number of hydrazine groups is 1. The van der Waals surface area contributed by atoms with E-state index in [0.29, 0.717) is 16.6 Å². The monoisotopic (exact) mass is 481 g/mol. The first-order chi connectivity index (χ1) is 14.9. The van der Waals surface area contributed by atoms with Crippen molar-refractivity contribution in [2.45, 2.75) is 22.8 Å². The first kappa shape index (κ1) is 23.4. The number of amidine groups is 1. The molecule has 0 spiro atoms. The highest BCUT2D eigenvalue weighted by atomic mass is 32.2. The molecule has 0 fully saturated rings. The molecule has 0 saturated carbocycles. The van der Waals surface area contributed by atoms with Crippen molar-refractivity contribution in [3.05, 3.63) is 35.9 Å². The normalized spacial score (nSPS) is 13.9. The maximum atomic E-state index is 13.0. The molecule has 15 heteroatoms. The summed E-state index contributed by atoms with van der Waals surface area (Å²) in [6.45, 7) is 1.47. The van der Waals surface area contributed by atoms with Crippen molar-refractivity contribution in [3.63, 3.8) is 0 Å². The van der Waals surface area contributed by atoms with E-state index >= 15 is 0 Å². The van der Waals surface area contributed by atoms with Crippen LogP contribution in [0.25, 0.3) is 22.2 Å². The fourth-order valence-electron chi connectivity index (χ4n) is 3.40. The van der Waals surface area contributed by atoms with E-state index in [1.165, 1.54) is 13.0 Å². The summed E-state index contributed by atoms with van der Waals surface area (Å²) in [5, 5.41) is 9.11. The van der Waals surface area contributed by atoms with Gasteiger partial charge in [-0.05, 0) is 24.6 Å². The predicted molar refractivity (Wildman–Crippen MR) is 121 cm³/mol. The lowest BCUT2D eigenvalue weighted by Gasteiger charge is -2.18. The number of fused-ring (bicyclic) bond motifs is 1. The summed E-state index contributed by atoms with van der Waals surface area (Å²) in [6, 6.07) is 6.76. The second-order valence-corrected chi connectivity index (χ2v) is 10.6. The fraction of sp³-hybridized carbons (Fsp3) is 0.176. The Morgan fingerprint density at radius 3 is 2.47 bits per heavy atom. The lowest BCUT2D eigenvalue weighted by atomic mass is 9.97. The third-order valence-corrected chi connectivity index (χ3v) is 7.58. The van der Waals surface area contributed by atoms with Gasteiger partial charge in [0.15, 0.2) is 21.6 Å². The Bertz CT molecular complexity index is 1430. The van der Waals surface area contributed by atoms with Crippen molar-refractivity contribution in [3.8, 4) is 11.1 Å². The molecule has 1 atom stereocenters. The van der Waals surface area contributed by atoms with Crippen LogP contribution < -0.4 is 33.7 Å². The molecule has 0 radical (unpaired) electrons. The van der Waals surface area contributed by atoms with Gasteiger partial charge in [-0.15, -0.1) is 5.10 Å². The van der Waals surface area contributed by atoms with Crippen LogP contribution in [-0.4, -0.2) is 44.4 Å². The number of nitrogen functional groups attached to an aromatic ring is 1. The van der Waals surface area contributed by atoms with Crippen molar-refractivity contribution in [2.24, 2.45) is 27.6 Å². The van der Waals surface area contributed by atoms with Gasteiger partial charge in [0, 0.05) is 17.2 Å². The Balaban J connectivity index is 2.51. The number of benzene rings is 2. The second kappa shape index (κ2) is 8.36. The van der Waals surface area contributed by atoms with Gasteiger partial charge in [0.2, 0.25) is 10.0 Å². The predicted octanol–water partition coefficient (Wildman–Crippen LogP) is -1.34. The molecule has 172 valence electrons. The average molecular weight is 482 g/mol. The van der Waals surface area contributed by atoms with Gasteiger partial charge in [-0.3, -0.25) is 0 Å². The Kier molecular flexibility index (Phi) is 6.12. The number of hydrogen-bond donors (Lipinski definition) is 7. The summed E-state index contributed by atoms with van der Waals surface area (Å²) < 4.78 is 51.2. The van der Waals surface area contributed by atoms with Gasteiger partial charge in [0.25, 0.3) is 0 Å². The molecule has 0 aliphatic carbocycles. The molecule has 1 aromatic heterocycles. The molecule has 1 heterocycles. The van der Waals surface area contributed by atoms with Crippen LogP contribution in [0.15, 0.2) is 45.2 Å². The van der Waals surface area contributed by atoms with Crippen LogP contribution >= 0.6 is 0 Å². The molecule has 0 amide bonds. The molecule has 1 unspecified atom stereocenters. The molecular weight excluding hydrogens is 458 g/mol. The average Bonchev–Trinajstić information content (AvgIpc) is 3.05. The zero-order valence-corrected chi connectivity index (χ0v) is 18.5. The van der Waals surface area contributed by atoms with Crippen LogP contribution in [-0.2, 0) is 19.9 Å². The summed E-state index contributed by atoms with van der Waals surface area (Å²) >= 11 is 0. The van der Waals surface area contributed by atoms with Gasteiger partial charge < -0.3 is 22.2 Å². The SMILES string of the molecule is CC(N)CS(=O)(=O)c1ccc(-c2cccc3[nH]c(N)nc23)c(/C(N)=N/NN)c1S(N)(=O)=O. The summed E-state index contributed by atoms with van der Waals surface area (Å²) in [7, 11) is -8.80. The highest BCUT2D eigenvalue weighted by molar-refractivity contribution is 7.93. The molecule has 12 N–H and O–H groups in total.